The number of nitrogens with one attached hydrogen (secondary N) is 1. The molecule has 1 amide bonds. The van der Waals surface area contributed by atoms with Gasteiger partial charge in [0, 0.05) is 11.5 Å². The van der Waals surface area contributed by atoms with E-state index in [2.05, 4.69) is 16.4 Å². The van der Waals surface area contributed by atoms with Crippen molar-refractivity contribution < 1.29 is 9.53 Å². The molecule has 0 spiro atoms. The molecule has 1 saturated heterocycles. The number of amides is 1. The lowest BCUT2D eigenvalue weighted by atomic mass is 9.83. The Morgan fingerprint density at radius 1 is 1.24 bits per heavy atom. The van der Waals surface area contributed by atoms with E-state index in [0.29, 0.717) is 11.8 Å². The number of amidine groups is 1. The zero-order valence-corrected chi connectivity index (χ0v) is 11.5. The molecule has 0 bridgehead atoms. The highest BCUT2D eigenvalue weighted by atomic mass is 16.5. The molecule has 2 aliphatic heterocycles. The van der Waals surface area contributed by atoms with Gasteiger partial charge in [-0.15, -0.1) is 0 Å². The Hall–Kier alpha value is -2.36. The van der Waals surface area contributed by atoms with E-state index in [1.165, 1.54) is 0 Å². The summed E-state index contributed by atoms with van der Waals surface area (Å²) in [5, 5.41) is 2.92. The van der Waals surface area contributed by atoms with Gasteiger partial charge in [-0.05, 0) is 18.9 Å². The van der Waals surface area contributed by atoms with Crippen LogP contribution in [-0.4, -0.2) is 18.0 Å². The lowest BCUT2D eigenvalue weighted by Crippen LogP contribution is -2.50. The Morgan fingerprint density at radius 3 is 2.95 bits per heavy atom. The summed E-state index contributed by atoms with van der Waals surface area (Å²) in [7, 11) is 0. The van der Waals surface area contributed by atoms with Crippen LogP contribution in [0.1, 0.15) is 18.4 Å². The van der Waals surface area contributed by atoms with Gasteiger partial charge >= 0.3 is 0 Å². The van der Waals surface area contributed by atoms with Gasteiger partial charge in [-0.1, -0.05) is 42.5 Å². The first-order chi connectivity index (χ1) is 10.3. The van der Waals surface area contributed by atoms with Gasteiger partial charge in [0.05, 0.1) is 5.92 Å². The first kappa shape index (κ1) is 12.4. The third-order valence-electron chi connectivity index (χ3n) is 4.24. The summed E-state index contributed by atoms with van der Waals surface area (Å²) < 4.78 is 5.98. The fourth-order valence-electron chi connectivity index (χ4n) is 3.11. The predicted octanol–water partition coefficient (Wildman–Crippen LogP) is 2.39. The number of fused-ring (bicyclic) bond motifs is 2. The lowest BCUT2D eigenvalue weighted by Gasteiger charge is -2.38. The summed E-state index contributed by atoms with van der Waals surface area (Å²) >= 11 is 0. The third-order valence-corrected chi connectivity index (χ3v) is 4.24. The molecule has 1 aromatic rings. The molecule has 1 fully saturated rings. The van der Waals surface area contributed by atoms with Gasteiger partial charge in [0.1, 0.15) is 11.6 Å². The molecule has 21 heavy (non-hydrogen) atoms. The maximum atomic E-state index is 12.4. The minimum Gasteiger partial charge on any atom is -0.472 e. The molecule has 106 valence electrons. The highest BCUT2D eigenvalue weighted by molar-refractivity contribution is 6.10. The highest BCUT2D eigenvalue weighted by Crippen LogP contribution is 2.38. The number of hydrogen-bond acceptors (Lipinski definition) is 3. The predicted molar refractivity (Wildman–Crippen MR) is 79.4 cm³/mol. The molecular formula is C17H16N2O2. The van der Waals surface area contributed by atoms with E-state index in [9.17, 15) is 4.79 Å². The van der Waals surface area contributed by atoms with E-state index in [1.807, 2.05) is 42.5 Å². The summed E-state index contributed by atoms with van der Waals surface area (Å²) in [4.78, 5) is 17.0. The van der Waals surface area contributed by atoms with Crippen LogP contribution in [0.4, 0.5) is 0 Å². The lowest BCUT2D eigenvalue weighted by molar-refractivity contribution is -0.132. The Morgan fingerprint density at radius 2 is 2.10 bits per heavy atom. The van der Waals surface area contributed by atoms with Crippen molar-refractivity contribution in [1.82, 2.24) is 5.32 Å². The molecule has 0 saturated carbocycles. The van der Waals surface area contributed by atoms with Crippen molar-refractivity contribution in [3.63, 3.8) is 0 Å². The molecule has 4 nitrogen and oxygen atoms in total. The van der Waals surface area contributed by atoms with E-state index in [0.717, 1.165) is 24.2 Å². The van der Waals surface area contributed by atoms with E-state index in [4.69, 9.17) is 4.74 Å². The first-order valence-corrected chi connectivity index (χ1v) is 7.29. The van der Waals surface area contributed by atoms with Crippen molar-refractivity contribution in [3.05, 3.63) is 59.9 Å². The fraction of sp³-hybridized carbons (Fsp3) is 0.294. The zero-order chi connectivity index (χ0) is 14.2. The molecule has 3 aliphatic rings. The van der Waals surface area contributed by atoms with Crippen molar-refractivity contribution in [2.24, 2.45) is 16.8 Å². The molecule has 1 aliphatic carbocycles. The van der Waals surface area contributed by atoms with E-state index < -0.39 is 6.23 Å². The van der Waals surface area contributed by atoms with Crippen molar-refractivity contribution in [3.8, 4) is 0 Å². The highest BCUT2D eigenvalue weighted by Gasteiger charge is 2.42. The van der Waals surface area contributed by atoms with Crippen LogP contribution in [0, 0.1) is 11.8 Å². The Balaban J connectivity index is 1.67. The van der Waals surface area contributed by atoms with Crippen LogP contribution in [0.15, 0.2) is 59.3 Å². The van der Waals surface area contributed by atoms with E-state index >= 15 is 0 Å². The zero-order valence-electron chi connectivity index (χ0n) is 11.5. The topological polar surface area (TPSA) is 50.7 Å². The molecule has 4 heteroatoms. The van der Waals surface area contributed by atoms with Gasteiger partial charge in [0.2, 0.25) is 12.1 Å². The van der Waals surface area contributed by atoms with Crippen LogP contribution in [-0.2, 0) is 9.53 Å². The van der Waals surface area contributed by atoms with Gasteiger partial charge in [0.25, 0.3) is 0 Å². The number of carbonyl (C=O) groups excluding carboxylic acids is 1. The smallest absolute Gasteiger partial charge is 0.234 e. The number of benzene rings is 1. The molecule has 1 aromatic carbocycles. The third kappa shape index (κ3) is 2.17. The normalized spacial score (nSPS) is 30.3. The van der Waals surface area contributed by atoms with Crippen LogP contribution in [0.5, 0.6) is 0 Å². The van der Waals surface area contributed by atoms with Gasteiger partial charge in [0.15, 0.2) is 0 Å². The van der Waals surface area contributed by atoms with Crippen LogP contribution < -0.4 is 5.32 Å². The largest absolute Gasteiger partial charge is 0.472 e. The first-order valence-electron chi connectivity index (χ1n) is 7.29. The molecule has 2 heterocycles. The Kier molecular flexibility index (Phi) is 2.88. The number of carbonyl (C=O) groups is 1. The number of ether oxygens (including phenoxy) is 1. The summed E-state index contributed by atoms with van der Waals surface area (Å²) in [6, 6.07) is 9.68. The molecule has 3 atom stereocenters. The van der Waals surface area contributed by atoms with Crippen molar-refractivity contribution in [2.75, 3.05) is 0 Å². The molecule has 4 rings (SSSR count). The maximum Gasteiger partial charge on any atom is 0.234 e. The van der Waals surface area contributed by atoms with Gasteiger partial charge in [-0.25, -0.2) is 4.99 Å². The average Bonchev–Trinajstić information content (AvgIpc) is 2.54. The van der Waals surface area contributed by atoms with Gasteiger partial charge in [-0.3, -0.25) is 4.79 Å². The monoisotopic (exact) mass is 280 g/mol. The van der Waals surface area contributed by atoms with Crippen LogP contribution in [0.2, 0.25) is 0 Å². The van der Waals surface area contributed by atoms with Gasteiger partial charge < -0.3 is 10.1 Å². The second kappa shape index (κ2) is 4.88. The Bertz CT molecular complexity index is 661. The van der Waals surface area contributed by atoms with E-state index in [1.54, 1.807) is 0 Å². The molecule has 0 radical (unpaired) electrons. The van der Waals surface area contributed by atoms with Crippen molar-refractivity contribution in [2.45, 2.75) is 19.1 Å². The average molecular weight is 280 g/mol. The SMILES string of the molecule is O=C1NC(c2ccccc2)=NC2OC3=CC=CCC3CC12. The summed E-state index contributed by atoms with van der Waals surface area (Å²) in [5.74, 6) is 1.71. The van der Waals surface area contributed by atoms with Crippen LogP contribution in [0.25, 0.3) is 0 Å². The number of allylic oxidation sites excluding steroid dienone is 4. The van der Waals surface area contributed by atoms with Crippen molar-refractivity contribution in [1.29, 1.82) is 0 Å². The van der Waals surface area contributed by atoms with Crippen LogP contribution in [0.3, 0.4) is 0 Å². The summed E-state index contributed by atoms with van der Waals surface area (Å²) in [6.07, 6.45) is 7.47. The summed E-state index contributed by atoms with van der Waals surface area (Å²) in [5.41, 5.74) is 0.910. The standard InChI is InChI=1S/C17H16N2O2/c20-16-13-10-12-8-4-5-9-14(12)21-17(13)19-15(18-16)11-6-2-1-3-7-11/h1-7,9,12-13,17H,8,10H2,(H,18,19,20). The number of aliphatic imine (C=N–C) groups is 1. The molecule has 0 aromatic heterocycles. The maximum absolute atomic E-state index is 12.4. The second-order valence-electron chi connectivity index (χ2n) is 5.61. The molecule has 3 unspecified atom stereocenters. The van der Waals surface area contributed by atoms with Crippen molar-refractivity contribution >= 4 is 11.7 Å². The number of nitrogens with zero attached hydrogens (tertiary/aromatic N) is 1. The molecular weight excluding hydrogens is 264 g/mol. The number of rotatable bonds is 1. The quantitative estimate of drug-likeness (QED) is 0.858. The molecule has 1 N–H and O–H groups in total. The summed E-state index contributed by atoms with van der Waals surface area (Å²) in [6.45, 7) is 0. The second-order valence-corrected chi connectivity index (χ2v) is 5.61. The van der Waals surface area contributed by atoms with Gasteiger partial charge in [-0.2, -0.15) is 0 Å². The van der Waals surface area contributed by atoms with E-state index in [-0.39, 0.29) is 11.8 Å². The Labute approximate surface area is 123 Å². The fourth-order valence-corrected chi connectivity index (χ4v) is 3.11. The van der Waals surface area contributed by atoms with Crippen LogP contribution >= 0.6 is 0 Å². The minimum absolute atomic E-state index is 0.0162. The number of hydrogen-bond donors (Lipinski definition) is 1. The minimum atomic E-state index is -0.400.